The van der Waals surface area contributed by atoms with Gasteiger partial charge in [0.1, 0.15) is 0 Å². The van der Waals surface area contributed by atoms with Crippen LogP contribution in [0.15, 0.2) is 0 Å². The summed E-state index contributed by atoms with van der Waals surface area (Å²) >= 11 is 0. The van der Waals surface area contributed by atoms with Gasteiger partial charge in [-0.3, -0.25) is 0 Å². The molecule has 12 heavy (non-hydrogen) atoms. The van der Waals surface area contributed by atoms with Crippen LogP contribution in [0, 0.1) is 17.8 Å². The maximum atomic E-state index is 3.42. The quantitative estimate of drug-likeness (QED) is 0.667. The summed E-state index contributed by atoms with van der Waals surface area (Å²) in [5.74, 6) is 2.90. The van der Waals surface area contributed by atoms with Crippen molar-refractivity contribution in [2.24, 2.45) is 17.8 Å². The van der Waals surface area contributed by atoms with E-state index in [9.17, 15) is 0 Å². The summed E-state index contributed by atoms with van der Waals surface area (Å²) in [6.07, 6.45) is 4.19. The molecular formula is C11H23N. The fourth-order valence-corrected chi connectivity index (χ4v) is 2.36. The van der Waals surface area contributed by atoms with Gasteiger partial charge < -0.3 is 5.32 Å². The van der Waals surface area contributed by atoms with Crippen molar-refractivity contribution in [2.45, 2.75) is 46.1 Å². The van der Waals surface area contributed by atoms with Gasteiger partial charge in [0.25, 0.3) is 0 Å². The molecule has 1 nitrogen and oxygen atoms in total. The maximum Gasteiger partial charge on any atom is 0.00924 e. The highest BCUT2D eigenvalue weighted by atomic mass is 14.9. The zero-order chi connectivity index (χ0) is 9.14. The summed E-state index contributed by atoms with van der Waals surface area (Å²) in [7, 11) is 2.10. The first-order valence-electron chi connectivity index (χ1n) is 5.36. The minimum Gasteiger partial charge on any atom is -0.317 e. The molecule has 72 valence electrons. The van der Waals surface area contributed by atoms with Crippen LogP contribution in [0.25, 0.3) is 0 Å². The molecule has 3 atom stereocenters. The van der Waals surface area contributed by atoms with Gasteiger partial charge in [0, 0.05) is 6.04 Å². The lowest BCUT2D eigenvalue weighted by atomic mass is 10.0. The Balaban J connectivity index is 2.21. The Kier molecular flexibility index (Phi) is 3.57. The normalized spacial score (nSPS) is 30.8. The summed E-state index contributed by atoms with van der Waals surface area (Å²) in [6, 6.07) is 0.786. The molecule has 1 aliphatic carbocycles. The van der Waals surface area contributed by atoms with Crippen LogP contribution in [-0.2, 0) is 0 Å². The molecule has 0 aromatic carbocycles. The van der Waals surface area contributed by atoms with Gasteiger partial charge in [-0.2, -0.15) is 0 Å². The van der Waals surface area contributed by atoms with E-state index < -0.39 is 0 Å². The second kappa shape index (κ2) is 4.27. The highest BCUT2D eigenvalue weighted by Gasteiger charge is 2.41. The van der Waals surface area contributed by atoms with Gasteiger partial charge in [0.2, 0.25) is 0 Å². The van der Waals surface area contributed by atoms with Crippen LogP contribution in [0.1, 0.15) is 40.0 Å². The third kappa shape index (κ3) is 2.48. The molecule has 0 radical (unpaired) electrons. The van der Waals surface area contributed by atoms with E-state index in [0.717, 1.165) is 23.8 Å². The van der Waals surface area contributed by atoms with Crippen molar-refractivity contribution in [3.05, 3.63) is 0 Å². The molecule has 1 saturated carbocycles. The van der Waals surface area contributed by atoms with Crippen LogP contribution in [0.3, 0.4) is 0 Å². The van der Waals surface area contributed by atoms with E-state index in [0.29, 0.717) is 0 Å². The third-order valence-electron chi connectivity index (χ3n) is 3.08. The smallest absolute Gasteiger partial charge is 0.00924 e. The predicted octanol–water partition coefficient (Wildman–Crippen LogP) is 2.67. The minimum atomic E-state index is 0.786. The van der Waals surface area contributed by atoms with Crippen LogP contribution in [0.5, 0.6) is 0 Å². The Hall–Kier alpha value is -0.0400. The fourth-order valence-electron chi connectivity index (χ4n) is 2.36. The first-order valence-corrected chi connectivity index (χ1v) is 5.36. The van der Waals surface area contributed by atoms with E-state index in [1.165, 1.54) is 19.3 Å². The Morgan fingerprint density at radius 1 is 1.42 bits per heavy atom. The fraction of sp³-hybridized carbons (Fsp3) is 1.00. The van der Waals surface area contributed by atoms with E-state index in [2.05, 4.69) is 33.1 Å². The number of hydrogen-bond donors (Lipinski definition) is 1. The van der Waals surface area contributed by atoms with Crippen molar-refractivity contribution in [2.75, 3.05) is 7.05 Å². The van der Waals surface area contributed by atoms with Crippen molar-refractivity contribution in [1.29, 1.82) is 0 Å². The monoisotopic (exact) mass is 169 g/mol. The molecule has 0 bridgehead atoms. The molecule has 0 amide bonds. The second-order valence-corrected chi connectivity index (χ2v) is 4.59. The van der Waals surface area contributed by atoms with Gasteiger partial charge in [-0.25, -0.2) is 0 Å². The van der Waals surface area contributed by atoms with Gasteiger partial charge in [-0.05, 0) is 44.1 Å². The highest BCUT2D eigenvalue weighted by molar-refractivity contribution is 4.93. The van der Waals surface area contributed by atoms with Gasteiger partial charge >= 0.3 is 0 Å². The summed E-state index contributed by atoms with van der Waals surface area (Å²) in [6.45, 7) is 6.94. The zero-order valence-electron chi connectivity index (χ0n) is 8.93. The lowest BCUT2D eigenvalue weighted by Gasteiger charge is -2.13. The molecule has 1 N–H and O–H groups in total. The van der Waals surface area contributed by atoms with Crippen LogP contribution in [0.4, 0.5) is 0 Å². The van der Waals surface area contributed by atoms with E-state index in [4.69, 9.17) is 0 Å². The first kappa shape index (κ1) is 10.0. The van der Waals surface area contributed by atoms with E-state index >= 15 is 0 Å². The highest BCUT2D eigenvalue weighted by Crippen LogP contribution is 2.45. The van der Waals surface area contributed by atoms with Crippen molar-refractivity contribution in [3.63, 3.8) is 0 Å². The largest absolute Gasteiger partial charge is 0.317 e. The number of rotatable bonds is 5. The molecule has 0 heterocycles. The predicted molar refractivity (Wildman–Crippen MR) is 54.2 cm³/mol. The van der Waals surface area contributed by atoms with Crippen molar-refractivity contribution >= 4 is 0 Å². The molecule has 0 spiro atoms. The van der Waals surface area contributed by atoms with Crippen LogP contribution in [0.2, 0.25) is 0 Å². The average Bonchev–Trinajstić information content (AvgIpc) is 2.70. The van der Waals surface area contributed by atoms with Crippen LogP contribution >= 0.6 is 0 Å². The van der Waals surface area contributed by atoms with E-state index in [1.54, 1.807) is 0 Å². The van der Waals surface area contributed by atoms with Gasteiger partial charge in [0.05, 0.1) is 0 Å². The lowest BCUT2D eigenvalue weighted by molar-refractivity contribution is 0.429. The average molecular weight is 169 g/mol. The van der Waals surface area contributed by atoms with Gasteiger partial charge in [-0.1, -0.05) is 20.8 Å². The molecule has 0 aromatic heterocycles. The number of nitrogens with one attached hydrogen (secondary N) is 1. The molecular weight excluding hydrogens is 146 g/mol. The van der Waals surface area contributed by atoms with Crippen LogP contribution < -0.4 is 5.32 Å². The minimum absolute atomic E-state index is 0.786. The Morgan fingerprint density at radius 2 is 2.08 bits per heavy atom. The van der Waals surface area contributed by atoms with Gasteiger partial charge in [0.15, 0.2) is 0 Å². The molecule has 0 aliphatic heterocycles. The molecule has 1 fully saturated rings. The van der Waals surface area contributed by atoms with Crippen molar-refractivity contribution in [1.82, 2.24) is 5.32 Å². The summed E-state index contributed by atoms with van der Waals surface area (Å²) in [5.41, 5.74) is 0. The molecule has 0 saturated heterocycles. The first-order chi connectivity index (χ1) is 5.69. The Labute approximate surface area is 76.9 Å². The number of hydrogen-bond acceptors (Lipinski definition) is 1. The maximum absolute atomic E-state index is 3.42. The van der Waals surface area contributed by atoms with Gasteiger partial charge in [-0.15, -0.1) is 0 Å². The summed E-state index contributed by atoms with van der Waals surface area (Å²) in [4.78, 5) is 0. The van der Waals surface area contributed by atoms with Crippen molar-refractivity contribution in [3.8, 4) is 0 Å². The summed E-state index contributed by atoms with van der Waals surface area (Å²) in [5, 5.41) is 3.42. The zero-order valence-corrected chi connectivity index (χ0v) is 8.93. The molecule has 1 aliphatic rings. The topological polar surface area (TPSA) is 12.0 Å². The van der Waals surface area contributed by atoms with E-state index in [-0.39, 0.29) is 0 Å². The molecule has 0 aromatic rings. The van der Waals surface area contributed by atoms with Crippen molar-refractivity contribution < 1.29 is 0 Å². The molecule has 2 unspecified atom stereocenters. The van der Waals surface area contributed by atoms with E-state index in [1.807, 2.05) is 0 Å². The SMILES string of the molecule is CC[C@@H](NC)C1CC1CC(C)C. The third-order valence-corrected chi connectivity index (χ3v) is 3.08. The lowest BCUT2D eigenvalue weighted by Crippen LogP contribution is -2.27. The molecule has 1 heteroatoms. The Bertz CT molecular complexity index is 127. The Morgan fingerprint density at radius 3 is 2.50 bits per heavy atom. The second-order valence-electron chi connectivity index (χ2n) is 4.59. The summed E-state index contributed by atoms with van der Waals surface area (Å²) < 4.78 is 0. The standard InChI is InChI=1S/C11H23N/c1-5-11(12-4)10-7-9(10)6-8(2)3/h8-12H,5-7H2,1-4H3/t9?,10?,11-/m1/s1. The molecule has 1 rings (SSSR count). The van der Waals surface area contributed by atoms with Crippen LogP contribution in [-0.4, -0.2) is 13.1 Å².